The highest BCUT2D eigenvalue weighted by Gasteiger charge is 2.08. The molecule has 0 amide bonds. The summed E-state index contributed by atoms with van der Waals surface area (Å²) in [5.74, 6) is 0. The van der Waals surface area contributed by atoms with Gasteiger partial charge in [-0.2, -0.15) is 5.26 Å². The van der Waals surface area contributed by atoms with E-state index in [4.69, 9.17) is 0 Å². The van der Waals surface area contributed by atoms with Gasteiger partial charge in [-0.25, -0.2) is 0 Å². The third-order valence-electron chi connectivity index (χ3n) is 3.27. The molecule has 0 spiro atoms. The normalized spacial score (nSPS) is 10.3. The summed E-state index contributed by atoms with van der Waals surface area (Å²) < 4.78 is 2.08. The Kier molecular flexibility index (Phi) is 2.66. The van der Waals surface area contributed by atoms with Crippen molar-refractivity contribution < 1.29 is 0 Å². The van der Waals surface area contributed by atoms with Crippen molar-refractivity contribution in [1.29, 1.82) is 5.26 Å². The van der Waals surface area contributed by atoms with Gasteiger partial charge in [-0.15, -0.1) is 0 Å². The van der Waals surface area contributed by atoms with Crippen molar-refractivity contribution in [3.63, 3.8) is 0 Å². The van der Waals surface area contributed by atoms with Crippen molar-refractivity contribution in [2.75, 3.05) is 0 Å². The summed E-state index contributed by atoms with van der Waals surface area (Å²) in [5.41, 5.74) is 2.80. The maximum absolute atomic E-state index is 9.18. The fourth-order valence-electron chi connectivity index (χ4n) is 2.37. The number of hydrogen-bond acceptors (Lipinski definition) is 1. The maximum atomic E-state index is 9.18. The van der Waals surface area contributed by atoms with Crippen LogP contribution in [-0.4, -0.2) is 4.57 Å². The molecule has 2 nitrogen and oxygen atoms in total. The number of aromatic nitrogens is 1. The number of rotatable bonds is 2. The number of nitriles is 1. The molecule has 0 aliphatic heterocycles. The Bertz CT molecular complexity index is 803. The highest BCUT2D eigenvalue weighted by molar-refractivity contribution is 5.94. The number of hydrogen-bond donors (Lipinski definition) is 0. The average molecular weight is 244 g/mol. The summed E-state index contributed by atoms with van der Waals surface area (Å²) in [6, 6.07) is 18.1. The zero-order chi connectivity index (χ0) is 13.2. The van der Waals surface area contributed by atoms with Crippen LogP contribution in [0, 0.1) is 11.3 Å². The molecule has 0 radical (unpaired) electrons. The van der Waals surface area contributed by atoms with Crippen molar-refractivity contribution >= 4 is 16.8 Å². The summed E-state index contributed by atoms with van der Waals surface area (Å²) >= 11 is 0. The number of benzene rings is 2. The van der Waals surface area contributed by atoms with Crippen LogP contribution in [0.25, 0.3) is 22.5 Å². The topological polar surface area (TPSA) is 28.7 Å². The highest BCUT2D eigenvalue weighted by atomic mass is 15.0. The van der Waals surface area contributed by atoms with Gasteiger partial charge in [0.25, 0.3) is 0 Å². The molecule has 1 heterocycles. The fourth-order valence-corrected chi connectivity index (χ4v) is 2.37. The predicted molar refractivity (Wildman–Crippen MR) is 78.1 cm³/mol. The van der Waals surface area contributed by atoms with Gasteiger partial charge in [-0.05, 0) is 30.3 Å². The SMILES string of the molecule is C=Cc1cccn1-c1ccc(C#N)c2ccccc12. The molecule has 1 aromatic heterocycles. The molecule has 2 aromatic carbocycles. The Morgan fingerprint density at radius 2 is 1.79 bits per heavy atom. The molecule has 2 heteroatoms. The summed E-state index contributed by atoms with van der Waals surface area (Å²) in [4.78, 5) is 0. The van der Waals surface area contributed by atoms with Crippen LogP contribution in [0.2, 0.25) is 0 Å². The van der Waals surface area contributed by atoms with Crippen LogP contribution in [0.5, 0.6) is 0 Å². The van der Waals surface area contributed by atoms with E-state index in [1.807, 2.05) is 60.8 Å². The third kappa shape index (κ3) is 1.73. The van der Waals surface area contributed by atoms with Crippen molar-refractivity contribution in [2.45, 2.75) is 0 Å². The van der Waals surface area contributed by atoms with Gasteiger partial charge in [-0.3, -0.25) is 0 Å². The lowest BCUT2D eigenvalue weighted by Gasteiger charge is -2.11. The Morgan fingerprint density at radius 1 is 1.00 bits per heavy atom. The van der Waals surface area contributed by atoms with E-state index in [0.717, 1.165) is 22.2 Å². The number of nitrogens with zero attached hydrogens (tertiary/aromatic N) is 2. The van der Waals surface area contributed by atoms with Gasteiger partial charge < -0.3 is 4.57 Å². The second-order valence-electron chi connectivity index (χ2n) is 4.30. The molecule has 0 bridgehead atoms. The van der Waals surface area contributed by atoms with Gasteiger partial charge in [0.2, 0.25) is 0 Å². The van der Waals surface area contributed by atoms with E-state index in [1.54, 1.807) is 0 Å². The first-order valence-corrected chi connectivity index (χ1v) is 6.07. The Labute approximate surface area is 111 Å². The molecule has 0 N–H and O–H groups in total. The smallest absolute Gasteiger partial charge is 0.0998 e. The van der Waals surface area contributed by atoms with Crippen LogP contribution < -0.4 is 0 Å². The summed E-state index contributed by atoms with van der Waals surface area (Å²) in [7, 11) is 0. The monoisotopic (exact) mass is 244 g/mol. The lowest BCUT2D eigenvalue weighted by molar-refractivity contribution is 1.08. The second kappa shape index (κ2) is 4.47. The molecule has 0 saturated heterocycles. The van der Waals surface area contributed by atoms with Crippen LogP contribution >= 0.6 is 0 Å². The highest BCUT2D eigenvalue weighted by Crippen LogP contribution is 2.26. The van der Waals surface area contributed by atoms with E-state index in [9.17, 15) is 5.26 Å². The fraction of sp³-hybridized carbons (Fsp3) is 0. The van der Waals surface area contributed by atoms with E-state index in [1.165, 1.54) is 0 Å². The first-order valence-electron chi connectivity index (χ1n) is 6.07. The molecule has 90 valence electrons. The number of fused-ring (bicyclic) bond motifs is 1. The zero-order valence-corrected chi connectivity index (χ0v) is 10.4. The van der Waals surface area contributed by atoms with E-state index in [0.29, 0.717) is 5.56 Å². The van der Waals surface area contributed by atoms with Crippen molar-refractivity contribution in [3.8, 4) is 11.8 Å². The van der Waals surface area contributed by atoms with Gasteiger partial charge in [0.1, 0.15) is 0 Å². The molecule has 0 saturated carbocycles. The minimum Gasteiger partial charge on any atom is -0.317 e. The van der Waals surface area contributed by atoms with Crippen molar-refractivity contribution in [1.82, 2.24) is 4.57 Å². The molecule has 0 unspecified atom stereocenters. The average Bonchev–Trinajstić information content (AvgIpc) is 2.94. The zero-order valence-electron chi connectivity index (χ0n) is 10.4. The van der Waals surface area contributed by atoms with Crippen LogP contribution in [0.15, 0.2) is 61.3 Å². The Hall–Kier alpha value is -2.79. The van der Waals surface area contributed by atoms with Gasteiger partial charge in [0.05, 0.1) is 17.3 Å². The van der Waals surface area contributed by atoms with E-state index in [-0.39, 0.29) is 0 Å². The van der Waals surface area contributed by atoms with Gasteiger partial charge in [0, 0.05) is 22.7 Å². The third-order valence-corrected chi connectivity index (χ3v) is 3.27. The molecule has 3 rings (SSSR count). The first kappa shape index (κ1) is 11.3. The lowest BCUT2D eigenvalue weighted by Crippen LogP contribution is -1.96. The standard InChI is InChI=1S/C17H12N2/c1-2-14-6-5-11-19(14)17-10-9-13(12-18)15-7-3-4-8-16(15)17/h2-11H,1H2. The second-order valence-corrected chi connectivity index (χ2v) is 4.30. The minimum absolute atomic E-state index is 0.701. The summed E-state index contributed by atoms with van der Waals surface area (Å²) in [6.45, 7) is 3.83. The first-order chi connectivity index (χ1) is 9.35. The molecule has 19 heavy (non-hydrogen) atoms. The van der Waals surface area contributed by atoms with Crippen molar-refractivity contribution in [3.05, 3.63) is 72.6 Å². The summed E-state index contributed by atoms with van der Waals surface area (Å²) in [6.07, 6.45) is 3.83. The van der Waals surface area contributed by atoms with Gasteiger partial charge in [-0.1, -0.05) is 30.8 Å². The van der Waals surface area contributed by atoms with Crippen LogP contribution in [-0.2, 0) is 0 Å². The summed E-state index contributed by atoms with van der Waals surface area (Å²) in [5, 5.41) is 11.2. The molecule has 0 aliphatic carbocycles. The van der Waals surface area contributed by atoms with E-state index >= 15 is 0 Å². The van der Waals surface area contributed by atoms with Crippen molar-refractivity contribution in [2.24, 2.45) is 0 Å². The van der Waals surface area contributed by atoms with Crippen LogP contribution in [0.4, 0.5) is 0 Å². The predicted octanol–water partition coefficient (Wildman–Crippen LogP) is 4.15. The molecule has 0 atom stereocenters. The minimum atomic E-state index is 0.701. The quantitative estimate of drug-likeness (QED) is 0.665. The Morgan fingerprint density at radius 3 is 2.53 bits per heavy atom. The largest absolute Gasteiger partial charge is 0.317 e. The molecule has 0 fully saturated rings. The Balaban J connectivity index is 2.38. The van der Waals surface area contributed by atoms with E-state index in [2.05, 4.69) is 17.2 Å². The van der Waals surface area contributed by atoms with E-state index < -0.39 is 0 Å². The van der Waals surface area contributed by atoms with Gasteiger partial charge in [0.15, 0.2) is 0 Å². The molecular formula is C17H12N2. The van der Waals surface area contributed by atoms with Crippen LogP contribution in [0.1, 0.15) is 11.3 Å². The lowest BCUT2D eigenvalue weighted by atomic mass is 10.0. The van der Waals surface area contributed by atoms with Crippen LogP contribution in [0.3, 0.4) is 0 Å². The molecular weight excluding hydrogens is 232 g/mol. The molecule has 0 aliphatic rings. The maximum Gasteiger partial charge on any atom is 0.0998 e. The molecule has 3 aromatic rings. The van der Waals surface area contributed by atoms with Gasteiger partial charge >= 0.3 is 0 Å².